The van der Waals surface area contributed by atoms with Gasteiger partial charge >= 0.3 is 0 Å². The summed E-state index contributed by atoms with van der Waals surface area (Å²) in [6.45, 7) is 10.3. The van der Waals surface area contributed by atoms with E-state index in [0.29, 0.717) is 18.5 Å². The molecule has 5 heteroatoms. The van der Waals surface area contributed by atoms with Gasteiger partial charge in [0.25, 0.3) is 0 Å². The number of nitrogens with zero attached hydrogens (tertiary/aromatic N) is 4. The summed E-state index contributed by atoms with van der Waals surface area (Å²) in [5.41, 5.74) is 0. The molecule has 5 nitrogen and oxygen atoms in total. The van der Waals surface area contributed by atoms with Crippen LogP contribution in [0.15, 0.2) is 0 Å². The highest BCUT2D eigenvalue weighted by atomic mass is 16.5. The van der Waals surface area contributed by atoms with E-state index in [1.807, 2.05) is 0 Å². The van der Waals surface area contributed by atoms with Crippen molar-refractivity contribution in [2.75, 3.05) is 59.5 Å². The number of hydrogen-bond acceptors (Lipinski definition) is 5. The van der Waals surface area contributed by atoms with Crippen LogP contribution in [0, 0.1) is 11.3 Å². The van der Waals surface area contributed by atoms with Gasteiger partial charge in [-0.05, 0) is 14.0 Å². The first-order valence-electron chi connectivity index (χ1n) is 7.32. The van der Waals surface area contributed by atoms with Crippen molar-refractivity contribution >= 4 is 0 Å². The van der Waals surface area contributed by atoms with Gasteiger partial charge < -0.3 is 9.64 Å². The summed E-state index contributed by atoms with van der Waals surface area (Å²) >= 11 is 0. The first kappa shape index (κ1) is 14.7. The molecule has 2 fully saturated rings. The maximum atomic E-state index is 8.98. The highest BCUT2D eigenvalue weighted by molar-refractivity contribution is 4.91. The quantitative estimate of drug-likeness (QED) is 0.729. The SMILES string of the molecule is CC1CN(CCN2CCOCC2)C(CC#N)CN1C. The van der Waals surface area contributed by atoms with Gasteiger partial charge in [-0.25, -0.2) is 0 Å². The van der Waals surface area contributed by atoms with Crippen LogP contribution in [0.2, 0.25) is 0 Å². The van der Waals surface area contributed by atoms with Crippen molar-refractivity contribution in [3.8, 4) is 6.07 Å². The molecule has 2 rings (SSSR count). The highest BCUT2D eigenvalue weighted by Gasteiger charge is 2.29. The Balaban J connectivity index is 1.83. The second-order valence-corrected chi connectivity index (χ2v) is 5.75. The molecular weight excluding hydrogens is 240 g/mol. The molecule has 2 aliphatic rings. The number of nitriles is 1. The number of likely N-dealkylation sites (N-methyl/N-ethyl adjacent to an activating group) is 1. The van der Waals surface area contributed by atoms with Gasteiger partial charge in [0, 0.05) is 51.4 Å². The standard InChI is InChI=1S/C14H26N4O/c1-13-11-18(14(3-4-15)12-16(13)2)6-5-17-7-9-19-10-8-17/h13-14H,3,5-12H2,1-2H3. The van der Waals surface area contributed by atoms with Crippen molar-refractivity contribution in [1.82, 2.24) is 14.7 Å². The summed E-state index contributed by atoms with van der Waals surface area (Å²) in [4.78, 5) is 7.34. The average Bonchev–Trinajstić information content (AvgIpc) is 2.42. The molecule has 0 saturated carbocycles. The average molecular weight is 266 g/mol. The molecule has 0 bridgehead atoms. The Morgan fingerprint density at radius 3 is 2.63 bits per heavy atom. The first-order valence-corrected chi connectivity index (χ1v) is 7.32. The summed E-state index contributed by atoms with van der Waals surface area (Å²) in [5.74, 6) is 0. The van der Waals surface area contributed by atoms with Gasteiger partial charge in [-0.15, -0.1) is 0 Å². The predicted octanol–water partition coefficient (Wildman–Crippen LogP) is 0.237. The minimum absolute atomic E-state index is 0.396. The van der Waals surface area contributed by atoms with E-state index in [0.717, 1.165) is 52.5 Å². The molecule has 0 radical (unpaired) electrons. The van der Waals surface area contributed by atoms with E-state index in [-0.39, 0.29) is 0 Å². The third kappa shape index (κ3) is 4.15. The van der Waals surface area contributed by atoms with Gasteiger partial charge in [0.2, 0.25) is 0 Å². The molecule has 2 unspecified atom stereocenters. The number of ether oxygens (including phenoxy) is 1. The van der Waals surface area contributed by atoms with Crippen LogP contribution in [-0.2, 0) is 4.74 Å². The van der Waals surface area contributed by atoms with Crippen molar-refractivity contribution in [2.45, 2.75) is 25.4 Å². The number of piperazine rings is 1. The molecule has 0 aromatic heterocycles. The van der Waals surface area contributed by atoms with Crippen LogP contribution in [0.25, 0.3) is 0 Å². The third-order valence-corrected chi connectivity index (χ3v) is 4.40. The molecule has 0 spiro atoms. The molecule has 0 aromatic carbocycles. The maximum Gasteiger partial charge on any atom is 0.0638 e. The van der Waals surface area contributed by atoms with Gasteiger partial charge in [-0.3, -0.25) is 9.80 Å². The predicted molar refractivity (Wildman–Crippen MR) is 74.9 cm³/mol. The normalized spacial score (nSPS) is 31.2. The third-order valence-electron chi connectivity index (χ3n) is 4.40. The van der Waals surface area contributed by atoms with Crippen LogP contribution in [0.3, 0.4) is 0 Å². The van der Waals surface area contributed by atoms with Gasteiger partial charge in [-0.1, -0.05) is 0 Å². The molecule has 2 atom stereocenters. The van der Waals surface area contributed by atoms with Crippen LogP contribution in [0.4, 0.5) is 0 Å². The van der Waals surface area contributed by atoms with E-state index in [2.05, 4.69) is 34.7 Å². The monoisotopic (exact) mass is 266 g/mol. The molecule has 0 aliphatic carbocycles. The minimum atomic E-state index is 0.396. The molecule has 2 heterocycles. The molecule has 19 heavy (non-hydrogen) atoms. The van der Waals surface area contributed by atoms with Crippen LogP contribution >= 0.6 is 0 Å². The van der Waals surface area contributed by atoms with Crippen LogP contribution in [-0.4, -0.2) is 86.3 Å². The maximum absolute atomic E-state index is 8.98. The lowest BCUT2D eigenvalue weighted by atomic mass is 10.1. The number of rotatable bonds is 4. The van der Waals surface area contributed by atoms with E-state index in [1.165, 1.54) is 0 Å². The lowest BCUT2D eigenvalue weighted by molar-refractivity contribution is 0.0154. The van der Waals surface area contributed by atoms with Gasteiger partial charge in [0.1, 0.15) is 0 Å². The Bertz CT molecular complexity index is 311. The van der Waals surface area contributed by atoms with Crippen molar-refractivity contribution < 1.29 is 4.74 Å². The zero-order valence-electron chi connectivity index (χ0n) is 12.2. The molecule has 0 aromatic rings. The molecule has 108 valence electrons. The topological polar surface area (TPSA) is 42.7 Å². The van der Waals surface area contributed by atoms with E-state index in [4.69, 9.17) is 10.00 Å². The largest absolute Gasteiger partial charge is 0.379 e. The molecule has 2 aliphatic heterocycles. The zero-order valence-corrected chi connectivity index (χ0v) is 12.2. The smallest absolute Gasteiger partial charge is 0.0638 e. The lowest BCUT2D eigenvalue weighted by Gasteiger charge is -2.44. The number of morpholine rings is 1. The Morgan fingerprint density at radius 2 is 1.95 bits per heavy atom. The van der Waals surface area contributed by atoms with Crippen molar-refractivity contribution in [1.29, 1.82) is 5.26 Å². The Morgan fingerprint density at radius 1 is 1.21 bits per heavy atom. The fourth-order valence-electron chi connectivity index (χ4n) is 2.92. The van der Waals surface area contributed by atoms with Gasteiger partial charge in [-0.2, -0.15) is 5.26 Å². The lowest BCUT2D eigenvalue weighted by Crippen LogP contribution is -2.57. The molecule has 0 amide bonds. The van der Waals surface area contributed by atoms with Crippen LogP contribution in [0.5, 0.6) is 0 Å². The second kappa shape index (κ2) is 7.20. The zero-order chi connectivity index (χ0) is 13.7. The minimum Gasteiger partial charge on any atom is -0.379 e. The fourth-order valence-corrected chi connectivity index (χ4v) is 2.92. The van der Waals surface area contributed by atoms with Crippen LogP contribution < -0.4 is 0 Å². The second-order valence-electron chi connectivity index (χ2n) is 5.75. The van der Waals surface area contributed by atoms with Crippen molar-refractivity contribution in [3.63, 3.8) is 0 Å². The van der Waals surface area contributed by atoms with Gasteiger partial charge in [0.15, 0.2) is 0 Å². The Kier molecular flexibility index (Phi) is 5.59. The Labute approximate surface area is 116 Å². The highest BCUT2D eigenvalue weighted by Crippen LogP contribution is 2.16. The van der Waals surface area contributed by atoms with E-state index in [1.54, 1.807) is 0 Å². The van der Waals surface area contributed by atoms with E-state index in [9.17, 15) is 0 Å². The van der Waals surface area contributed by atoms with Gasteiger partial charge in [0.05, 0.1) is 25.7 Å². The fraction of sp³-hybridized carbons (Fsp3) is 0.929. The van der Waals surface area contributed by atoms with E-state index < -0.39 is 0 Å². The summed E-state index contributed by atoms with van der Waals surface area (Å²) in [6, 6.07) is 3.32. The van der Waals surface area contributed by atoms with Crippen molar-refractivity contribution in [3.05, 3.63) is 0 Å². The van der Waals surface area contributed by atoms with Crippen LogP contribution in [0.1, 0.15) is 13.3 Å². The molecular formula is C14H26N4O. The summed E-state index contributed by atoms with van der Waals surface area (Å²) in [5, 5.41) is 8.98. The van der Waals surface area contributed by atoms with Crippen molar-refractivity contribution in [2.24, 2.45) is 0 Å². The molecule has 0 N–H and O–H groups in total. The number of hydrogen-bond donors (Lipinski definition) is 0. The molecule has 2 saturated heterocycles. The summed E-state index contributed by atoms with van der Waals surface area (Å²) < 4.78 is 5.38. The first-order chi connectivity index (χ1) is 9.20. The summed E-state index contributed by atoms with van der Waals surface area (Å²) in [7, 11) is 2.16. The summed E-state index contributed by atoms with van der Waals surface area (Å²) in [6.07, 6.45) is 0.639. The Hall–Kier alpha value is -0.670. The van der Waals surface area contributed by atoms with E-state index >= 15 is 0 Å².